The number of β-amino-alcohol motifs (C(OH)–C–C–N with tert-alkyl or cyclic N) is 1. The van der Waals surface area contributed by atoms with Crippen molar-refractivity contribution in [1.29, 1.82) is 0 Å². The van der Waals surface area contributed by atoms with Gasteiger partial charge in [-0.25, -0.2) is 13.1 Å². The molecule has 2 atom stereocenters. The number of rotatable bonds is 3. The Bertz CT molecular complexity index is 595. The summed E-state index contributed by atoms with van der Waals surface area (Å²) >= 11 is 2.96. The van der Waals surface area contributed by atoms with Gasteiger partial charge in [0.2, 0.25) is 5.03 Å². The molecule has 1 saturated heterocycles. The summed E-state index contributed by atoms with van der Waals surface area (Å²) in [4.78, 5) is 11.1. The molecule has 0 aromatic carbocycles. The van der Waals surface area contributed by atoms with Crippen LogP contribution in [0.25, 0.3) is 0 Å². The highest BCUT2D eigenvalue weighted by Crippen LogP contribution is 2.29. The summed E-state index contributed by atoms with van der Waals surface area (Å²) in [7, 11) is -2.72. The molecule has 2 rings (SSSR count). The molecule has 1 fully saturated rings. The van der Waals surface area contributed by atoms with E-state index < -0.39 is 28.1 Å². The van der Waals surface area contributed by atoms with Gasteiger partial charge in [0.25, 0.3) is 10.0 Å². The summed E-state index contributed by atoms with van der Waals surface area (Å²) in [6.07, 6.45) is -1.15. The van der Waals surface area contributed by atoms with E-state index in [9.17, 15) is 18.3 Å². The van der Waals surface area contributed by atoms with Crippen molar-refractivity contribution in [3.8, 4) is 0 Å². The first-order valence-corrected chi connectivity index (χ1v) is 7.46. The van der Waals surface area contributed by atoms with Crippen LogP contribution >= 0.6 is 15.9 Å². The number of aliphatic hydroxyl groups is 1. The first-order valence-electron chi connectivity index (χ1n) is 5.23. The smallest absolute Gasteiger partial charge is 0.322 e. The average molecular weight is 355 g/mol. The molecule has 2 heterocycles. The Morgan fingerprint density at radius 2 is 2.16 bits per heavy atom. The molecule has 11 heteroatoms. The van der Waals surface area contributed by atoms with Gasteiger partial charge in [-0.2, -0.15) is 4.31 Å². The van der Waals surface area contributed by atoms with E-state index in [0.29, 0.717) is 0 Å². The largest absolute Gasteiger partial charge is 0.480 e. The second-order valence-corrected chi connectivity index (χ2v) is 6.68. The molecule has 1 aromatic rings. The normalized spacial score (nSPS) is 24.8. The molecular formula is C8H11BrN4O5S. The molecule has 0 amide bonds. The molecule has 2 N–H and O–H groups in total. The highest BCUT2D eigenvalue weighted by atomic mass is 79.9. The fourth-order valence-corrected chi connectivity index (χ4v) is 4.65. The van der Waals surface area contributed by atoms with Crippen LogP contribution in [0.5, 0.6) is 0 Å². The summed E-state index contributed by atoms with van der Waals surface area (Å²) < 4.78 is 26.6. The second-order valence-electron chi connectivity index (χ2n) is 4.13. The Balaban J connectivity index is 2.48. The maximum atomic E-state index is 12.4. The van der Waals surface area contributed by atoms with Gasteiger partial charge in [-0.3, -0.25) is 4.79 Å². The predicted octanol–water partition coefficient (Wildman–Crippen LogP) is -1.21. The van der Waals surface area contributed by atoms with E-state index in [1.807, 2.05) is 0 Å². The Labute approximate surface area is 117 Å². The number of carboxylic acid groups (broad SMARTS) is 1. The van der Waals surface area contributed by atoms with E-state index in [1.165, 1.54) is 7.05 Å². The number of aliphatic hydroxyl groups excluding tert-OH is 1. The van der Waals surface area contributed by atoms with Crippen molar-refractivity contribution >= 4 is 31.9 Å². The Morgan fingerprint density at radius 3 is 2.63 bits per heavy atom. The van der Waals surface area contributed by atoms with Crippen molar-refractivity contribution in [2.24, 2.45) is 7.05 Å². The molecule has 0 saturated carbocycles. The molecule has 1 aliphatic rings. The highest BCUT2D eigenvalue weighted by Gasteiger charge is 2.45. The minimum absolute atomic E-state index is 0.000489. The van der Waals surface area contributed by atoms with Crippen molar-refractivity contribution in [3.05, 3.63) is 4.60 Å². The molecule has 19 heavy (non-hydrogen) atoms. The summed E-state index contributed by atoms with van der Waals surface area (Å²) in [5.74, 6) is -1.30. The molecule has 0 aliphatic carbocycles. The minimum atomic E-state index is -4.10. The maximum Gasteiger partial charge on any atom is 0.322 e. The van der Waals surface area contributed by atoms with Gasteiger partial charge < -0.3 is 10.2 Å². The van der Waals surface area contributed by atoms with Crippen molar-refractivity contribution in [3.63, 3.8) is 0 Å². The molecule has 9 nitrogen and oxygen atoms in total. The van der Waals surface area contributed by atoms with Crippen LogP contribution in [0.4, 0.5) is 0 Å². The number of carbonyl (C=O) groups is 1. The van der Waals surface area contributed by atoms with E-state index in [2.05, 4.69) is 26.2 Å². The molecule has 106 valence electrons. The van der Waals surface area contributed by atoms with Gasteiger partial charge in [0.05, 0.1) is 6.10 Å². The van der Waals surface area contributed by atoms with Crippen LogP contribution in [0.2, 0.25) is 0 Å². The third-order valence-electron chi connectivity index (χ3n) is 2.81. The zero-order chi connectivity index (χ0) is 14.4. The van der Waals surface area contributed by atoms with E-state index in [1.54, 1.807) is 0 Å². The van der Waals surface area contributed by atoms with Crippen molar-refractivity contribution in [2.45, 2.75) is 23.6 Å². The quantitative estimate of drug-likeness (QED) is 0.697. The zero-order valence-electron chi connectivity index (χ0n) is 9.76. The molecule has 0 unspecified atom stereocenters. The lowest BCUT2D eigenvalue weighted by Gasteiger charge is -2.20. The third kappa shape index (κ3) is 2.38. The summed E-state index contributed by atoms with van der Waals surface area (Å²) in [6.45, 7) is -0.267. The first kappa shape index (κ1) is 14.4. The monoisotopic (exact) mass is 354 g/mol. The number of aryl methyl sites for hydroxylation is 1. The second kappa shape index (κ2) is 4.81. The first-order chi connectivity index (χ1) is 8.75. The Hall–Kier alpha value is -1.04. The van der Waals surface area contributed by atoms with Crippen LogP contribution in [-0.2, 0) is 21.9 Å². The average Bonchev–Trinajstić information content (AvgIpc) is 2.83. The van der Waals surface area contributed by atoms with Gasteiger partial charge in [0, 0.05) is 20.0 Å². The van der Waals surface area contributed by atoms with Gasteiger partial charge in [0.1, 0.15) is 6.04 Å². The number of nitrogens with zero attached hydrogens (tertiary/aromatic N) is 4. The lowest BCUT2D eigenvalue weighted by molar-refractivity contribution is -0.140. The number of hydrogen-bond acceptors (Lipinski definition) is 6. The van der Waals surface area contributed by atoms with Crippen LogP contribution in [0.3, 0.4) is 0 Å². The topological polar surface area (TPSA) is 126 Å². The standard InChI is InChI=1S/C8H11BrN4O5S/c1-12-7(6(9)10-11-12)19(17,18)13-3-4(14)2-5(13)8(15)16/h4-5,14H,2-3H2,1H3,(H,15,16)/t4-,5+/m1/s1. The van der Waals surface area contributed by atoms with Gasteiger partial charge in [0.15, 0.2) is 4.60 Å². The van der Waals surface area contributed by atoms with Gasteiger partial charge in [-0.1, -0.05) is 5.21 Å². The SMILES string of the molecule is Cn1nnc(Br)c1S(=O)(=O)N1C[C@H](O)C[C@H]1C(=O)O. The van der Waals surface area contributed by atoms with Gasteiger partial charge in [-0.05, 0) is 15.9 Å². The van der Waals surface area contributed by atoms with Crippen LogP contribution < -0.4 is 0 Å². The minimum Gasteiger partial charge on any atom is -0.480 e. The van der Waals surface area contributed by atoms with Crippen LogP contribution in [0, 0.1) is 0 Å². The fraction of sp³-hybridized carbons (Fsp3) is 0.625. The molecule has 1 aliphatic heterocycles. The van der Waals surface area contributed by atoms with Crippen molar-refractivity contribution in [1.82, 2.24) is 19.3 Å². The lowest BCUT2D eigenvalue weighted by Crippen LogP contribution is -2.41. The predicted molar refractivity (Wildman–Crippen MR) is 64.6 cm³/mol. The number of halogens is 1. The molecule has 1 aromatic heterocycles. The number of sulfonamides is 1. The summed E-state index contributed by atoms with van der Waals surface area (Å²) in [5, 5.41) is 25.4. The highest BCUT2D eigenvalue weighted by molar-refractivity contribution is 9.10. The summed E-state index contributed by atoms with van der Waals surface area (Å²) in [6, 6.07) is -1.29. The maximum absolute atomic E-state index is 12.4. The molecule has 0 radical (unpaired) electrons. The third-order valence-corrected chi connectivity index (χ3v) is 5.57. The van der Waals surface area contributed by atoms with Gasteiger partial charge >= 0.3 is 5.97 Å². The Kier molecular flexibility index (Phi) is 3.64. The number of carboxylic acids is 1. The molecule has 0 spiro atoms. The lowest BCUT2D eigenvalue weighted by atomic mass is 10.2. The van der Waals surface area contributed by atoms with Crippen molar-refractivity contribution in [2.75, 3.05) is 6.54 Å². The van der Waals surface area contributed by atoms with Crippen LogP contribution in [0.15, 0.2) is 9.63 Å². The van der Waals surface area contributed by atoms with Crippen LogP contribution in [0.1, 0.15) is 6.42 Å². The molecule has 0 bridgehead atoms. The molecular weight excluding hydrogens is 344 g/mol. The summed E-state index contributed by atoms with van der Waals surface area (Å²) in [5.41, 5.74) is 0. The van der Waals surface area contributed by atoms with E-state index >= 15 is 0 Å². The fourth-order valence-electron chi connectivity index (χ4n) is 1.98. The number of aliphatic carboxylic acids is 1. The number of hydrogen-bond donors (Lipinski definition) is 2. The van der Waals surface area contributed by atoms with Crippen molar-refractivity contribution < 1.29 is 23.4 Å². The van der Waals surface area contributed by atoms with E-state index in [0.717, 1.165) is 8.99 Å². The van der Waals surface area contributed by atoms with E-state index in [4.69, 9.17) is 5.11 Å². The van der Waals surface area contributed by atoms with E-state index in [-0.39, 0.29) is 22.6 Å². The van der Waals surface area contributed by atoms with Crippen LogP contribution in [-0.4, -0.2) is 62.6 Å². The zero-order valence-corrected chi connectivity index (χ0v) is 12.2. The Morgan fingerprint density at radius 1 is 1.53 bits per heavy atom. The number of aromatic nitrogens is 3. The van der Waals surface area contributed by atoms with Gasteiger partial charge in [-0.15, -0.1) is 5.10 Å².